The highest BCUT2D eigenvalue weighted by Crippen LogP contribution is 2.23. The van der Waals surface area contributed by atoms with Crippen LogP contribution in [-0.2, 0) is 4.74 Å². The molecule has 0 fully saturated rings. The number of aryl methyl sites for hydroxylation is 1. The third-order valence-corrected chi connectivity index (χ3v) is 2.64. The highest BCUT2D eigenvalue weighted by Gasteiger charge is 2.04. The minimum Gasteiger partial charge on any atom is -0.382 e. The predicted octanol–water partition coefficient (Wildman–Crippen LogP) is 3.35. The first kappa shape index (κ1) is 12.5. The van der Waals surface area contributed by atoms with Crippen LogP contribution in [-0.4, -0.2) is 19.8 Å². The van der Waals surface area contributed by atoms with Crippen LogP contribution in [0.2, 0.25) is 0 Å². The SMILES string of the molecule is CCOCCNc1cc(Br)c(F)cc1C. The van der Waals surface area contributed by atoms with Gasteiger partial charge in [0.15, 0.2) is 0 Å². The average molecular weight is 276 g/mol. The van der Waals surface area contributed by atoms with E-state index >= 15 is 0 Å². The molecule has 15 heavy (non-hydrogen) atoms. The van der Waals surface area contributed by atoms with E-state index in [1.807, 2.05) is 13.8 Å². The van der Waals surface area contributed by atoms with Crippen LogP contribution in [0.1, 0.15) is 12.5 Å². The maximum Gasteiger partial charge on any atom is 0.137 e. The van der Waals surface area contributed by atoms with Crippen molar-refractivity contribution in [1.82, 2.24) is 0 Å². The van der Waals surface area contributed by atoms with Gasteiger partial charge in [0.05, 0.1) is 11.1 Å². The molecule has 0 unspecified atom stereocenters. The number of benzene rings is 1. The first-order valence-corrected chi connectivity index (χ1v) is 5.71. The lowest BCUT2D eigenvalue weighted by molar-refractivity contribution is 0.158. The Kier molecular flexibility index (Phi) is 5.05. The fourth-order valence-electron chi connectivity index (χ4n) is 1.24. The number of anilines is 1. The van der Waals surface area contributed by atoms with Crippen LogP contribution >= 0.6 is 15.9 Å². The summed E-state index contributed by atoms with van der Waals surface area (Å²) in [4.78, 5) is 0. The van der Waals surface area contributed by atoms with E-state index in [2.05, 4.69) is 21.2 Å². The van der Waals surface area contributed by atoms with Gasteiger partial charge in [0.1, 0.15) is 5.82 Å². The molecule has 1 aromatic rings. The molecular weight excluding hydrogens is 261 g/mol. The predicted molar refractivity (Wildman–Crippen MR) is 63.8 cm³/mol. The Hall–Kier alpha value is -0.610. The summed E-state index contributed by atoms with van der Waals surface area (Å²) in [6, 6.07) is 3.25. The number of hydrogen-bond donors (Lipinski definition) is 1. The molecule has 1 N–H and O–H groups in total. The van der Waals surface area contributed by atoms with Gasteiger partial charge in [-0.25, -0.2) is 4.39 Å². The van der Waals surface area contributed by atoms with E-state index in [9.17, 15) is 4.39 Å². The minimum absolute atomic E-state index is 0.233. The molecule has 0 aliphatic heterocycles. The lowest BCUT2D eigenvalue weighted by Crippen LogP contribution is -2.10. The summed E-state index contributed by atoms with van der Waals surface area (Å²) >= 11 is 3.16. The summed E-state index contributed by atoms with van der Waals surface area (Å²) in [5.41, 5.74) is 1.83. The Bertz CT molecular complexity index is 331. The molecule has 0 aliphatic carbocycles. The van der Waals surface area contributed by atoms with Crippen molar-refractivity contribution in [3.05, 3.63) is 28.0 Å². The highest BCUT2D eigenvalue weighted by atomic mass is 79.9. The molecule has 2 nitrogen and oxygen atoms in total. The summed E-state index contributed by atoms with van der Waals surface area (Å²) < 4.78 is 18.8. The van der Waals surface area contributed by atoms with Crippen LogP contribution in [0.25, 0.3) is 0 Å². The Morgan fingerprint density at radius 3 is 2.87 bits per heavy atom. The molecular formula is C11H15BrFNO. The quantitative estimate of drug-likeness (QED) is 0.833. The second kappa shape index (κ2) is 6.08. The van der Waals surface area contributed by atoms with Gasteiger partial charge in [-0.05, 0) is 47.5 Å². The molecule has 0 saturated heterocycles. The molecule has 4 heteroatoms. The largest absolute Gasteiger partial charge is 0.382 e. The zero-order valence-corrected chi connectivity index (χ0v) is 10.5. The van der Waals surface area contributed by atoms with Gasteiger partial charge in [-0.1, -0.05) is 0 Å². The Morgan fingerprint density at radius 2 is 2.20 bits per heavy atom. The molecule has 0 aromatic heterocycles. The standard InChI is InChI=1S/C11H15BrFNO/c1-3-15-5-4-14-11-7-9(12)10(13)6-8(11)2/h6-7,14H,3-5H2,1-2H3. The van der Waals surface area contributed by atoms with E-state index in [-0.39, 0.29) is 5.82 Å². The lowest BCUT2D eigenvalue weighted by atomic mass is 10.2. The smallest absolute Gasteiger partial charge is 0.137 e. The molecule has 0 saturated carbocycles. The van der Waals surface area contributed by atoms with Crippen molar-refractivity contribution in [2.45, 2.75) is 13.8 Å². The molecule has 1 rings (SSSR count). The number of halogens is 2. The normalized spacial score (nSPS) is 10.4. The van der Waals surface area contributed by atoms with E-state index in [0.29, 0.717) is 17.7 Å². The van der Waals surface area contributed by atoms with Crippen molar-refractivity contribution in [2.75, 3.05) is 25.1 Å². The van der Waals surface area contributed by atoms with Gasteiger partial charge in [-0.2, -0.15) is 0 Å². The number of hydrogen-bond acceptors (Lipinski definition) is 2. The summed E-state index contributed by atoms with van der Waals surface area (Å²) in [6.07, 6.45) is 0. The zero-order valence-electron chi connectivity index (χ0n) is 8.94. The van der Waals surface area contributed by atoms with Crippen LogP contribution in [0, 0.1) is 12.7 Å². The van der Waals surface area contributed by atoms with Gasteiger partial charge in [-0.15, -0.1) is 0 Å². The molecule has 0 aliphatic rings. The highest BCUT2D eigenvalue weighted by molar-refractivity contribution is 9.10. The van der Waals surface area contributed by atoms with E-state index in [0.717, 1.165) is 17.8 Å². The van der Waals surface area contributed by atoms with Crippen LogP contribution < -0.4 is 5.32 Å². The van der Waals surface area contributed by atoms with E-state index < -0.39 is 0 Å². The van der Waals surface area contributed by atoms with Crippen LogP contribution in [0.5, 0.6) is 0 Å². The summed E-state index contributed by atoms with van der Waals surface area (Å²) in [6.45, 7) is 5.93. The second-order valence-corrected chi connectivity index (χ2v) is 4.06. The minimum atomic E-state index is -0.233. The molecule has 0 atom stereocenters. The van der Waals surface area contributed by atoms with Crippen LogP contribution in [0.15, 0.2) is 16.6 Å². The topological polar surface area (TPSA) is 21.3 Å². The maximum absolute atomic E-state index is 13.1. The van der Waals surface area contributed by atoms with E-state index in [4.69, 9.17) is 4.74 Å². The van der Waals surface area contributed by atoms with E-state index in [1.165, 1.54) is 6.07 Å². The van der Waals surface area contributed by atoms with Gasteiger partial charge in [0.2, 0.25) is 0 Å². The summed E-state index contributed by atoms with van der Waals surface area (Å²) in [5, 5.41) is 3.19. The van der Waals surface area contributed by atoms with Crippen molar-refractivity contribution in [2.24, 2.45) is 0 Å². The van der Waals surface area contributed by atoms with Crippen LogP contribution in [0.3, 0.4) is 0 Å². The molecule has 84 valence electrons. The molecule has 0 amide bonds. The van der Waals surface area contributed by atoms with Crippen molar-refractivity contribution in [1.29, 1.82) is 0 Å². The van der Waals surface area contributed by atoms with Crippen molar-refractivity contribution < 1.29 is 9.13 Å². The third kappa shape index (κ3) is 3.80. The Labute approximate surface area is 98.0 Å². The van der Waals surface area contributed by atoms with Crippen molar-refractivity contribution >= 4 is 21.6 Å². The molecule has 0 bridgehead atoms. The first-order valence-electron chi connectivity index (χ1n) is 4.92. The fourth-order valence-corrected chi connectivity index (χ4v) is 1.58. The molecule has 0 radical (unpaired) electrons. The summed E-state index contributed by atoms with van der Waals surface area (Å²) in [7, 11) is 0. The van der Waals surface area contributed by atoms with Crippen molar-refractivity contribution in [3.8, 4) is 0 Å². The lowest BCUT2D eigenvalue weighted by Gasteiger charge is -2.10. The Morgan fingerprint density at radius 1 is 1.47 bits per heavy atom. The van der Waals surface area contributed by atoms with Gasteiger partial charge < -0.3 is 10.1 Å². The fraction of sp³-hybridized carbons (Fsp3) is 0.455. The zero-order chi connectivity index (χ0) is 11.3. The van der Waals surface area contributed by atoms with E-state index in [1.54, 1.807) is 6.07 Å². The van der Waals surface area contributed by atoms with Gasteiger partial charge in [-0.3, -0.25) is 0 Å². The number of rotatable bonds is 5. The maximum atomic E-state index is 13.1. The molecule has 0 spiro atoms. The Balaban J connectivity index is 2.57. The molecule has 0 heterocycles. The monoisotopic (exact) mass is 275 g/mol. The van der Waals surface area contributed by atoms with Gasteiger partial charge in [0, 0.05) is 18.8 Å². The van der Waals surface area contributed by atoms with Gasteiger partial charge in [0.25, 0.3) is 0 Å². The molecule has 1 aromatic carbocycles. The van der Waals surface area contributed by atoms with Gasteiger partial charge >= 0.3 is 0 Å². The van der Waals surface area contributed by atoms with Crippen LogP contribution in [0.4, 0.5) is 10.1 Å². The number of ether oxygens (including phenoxy) is 1. The third-order valence-electron chi connectivity index (χ3n) is 2.03. The first-order chi connectivity index (χ1) is 7.15. The van der Waals surface area contributed by atoms with Crippen molar-refractivity contribution in [3.63, 3.8) is 0 Å². The average Bonchev–Trinajstić information content (AvgIpc) is 2.20. The summed E-state index contributed by atoms with van der Waals surface area (Å²) in [5.74, 6) is -0.233. The second-order valence-electron chi connectivity index (χ2n) is 3.20. The number of nitrogens with one attached hydrogen (secondary N) is 1.